The summed E-state index contributed by atoms with van der Waals surface area (Å²) in [6, 6.07) is 0.320. The third kappa shape index (κ3) is 2.99. The Balaban J connectivity index is 1.86. The summed E-state index contributed by atoms with van der Waals surface area (Å²) in [6.45, 7) is 2.69. The van der Waals surface area contributed by atoms with Crippen molar-refractivity contribution in [3.8, 4) is 0 Å². The third-order valence-electron chi connectivity index (χ3n) is 4.28. The van der Waals surface area contributed by atoms with Crippen LogP contribution >= 0.6 is 0 Å². The molecule has 1 saturated carbocycles. The molecule has 0 spiro atoms. The number of rotatable bonds is 3. The van der Waals surface area contributed by atoms with Crippen LogP contribution in [0.4, 0.5) is 0 Å². The van der Waals surface area contributed by atoms with Gasteiger partial charge in [-0.3, -0.25) is 4.79 Å². The Morgan fingerprint density at radius 2 is 2.12 bits per heavy atom. The van der Waals surface area contributed by atoms with E-state index in [1.807, 2.05) is 19.0 Å². The van der Waals surface area contributed by atoms with Gasteiger partial charge in [-0.05, 0) is 38.8 Å². The molecule has 0 aromatic carbocycles. The van der Waals surface area contributed by atoms with Crippen LogP contribution in [0.15, 0.2) is 0 Å². The predicted octanol–water partition coefficient (Wildman–Crippen LogP) is 0.524. The molecule has 1 saturated heterocycles. The van der Waals surface area contributed by atoms with E-state index in [1.165, 1.54) is 12.8 Å². The molecule has 2 rings (SSSR count). The number of carbonyl (C=O) groups excluding carboxylic acids is 1. The van der Waals surface area contributed by atoms with Crippen LogP contribution in [0.3, 0.4) is 0 Å². The van der Waals surface area contributed by atoms with Crippen LogP contribution in [0.5, 0.6) is 0 Å². The number of amides is 1. The molecule has 1 aliphatic heterocycles. The summed E-state index contributed by atoms with van der Waals surface area (Å²) in [7, 11) is 4.01. The van der Waals surface area contributed by atoms with Crippen molar-refractivity contribution in [2.45, 2.75) is 31.7 Å². The molecule has 4 nitrogen and oxygen atoms in total. The van der Waals surface area contributed by atoms with Gasteiger partial charge in [0.25, 0.3) is 0 Å². The first kappa shape index (κ1) is 12.8. The van der Waals surface area contributed by atoms with Gasteiger partial charge in [-0.1, -0.05) is 6.42 Å². The Bertz CT molecular complexity index is 280. The fourth-order valence-corrected chi connectivity index (χ4v) is 3.20. The van der Waals surface area contributed by atoms with Crippen LogP contribution in [0, 0.1) is 11.8 Å². The van der Waals surface area contributed by atoms with Gasteiger partial charge >= 0.3 is 0 Å². The van der Waals surface area contributed by atoms with E-state index in [0.29, 0.717) is 30.2 Å². The average molecular weight is 239 g/mol. The van der Waals surface area contributed by atoms with Crippen molar-refractivity contribution in [1.29, 1.82) is 0 Å². The van der Waals surface area contributed by atoms with Gasteiger partial charge in [-0.2, -0.15) is 0 Å². The van der Waals surface area contributed by atoms with E-state index >= 15 is 0 Å². The highest BCUT2D eigenvalue weighted by molar-refractivity contribution is 5.76. The molecule has 0 bridgehead atoms. The SMILES string of the molecule is CN(C)CCC(=O)N1CC2CCCC(N)C2C1. The van der Waals surface area contributed by atoms with Gasteiger partial charge in [-0.15, -0.1) is 0 Å². The van der Waals surface area contributed by atoms with E-state index in [4.69, 9.17) is 5.73 Å². The lowest BCUT2D eigenvalue weighted by Gasteiger charge is -2.29. The molecule has 2 fully saturated rings. The largest absolute Gasteiger partial charge is 0.342 e. The quantitative estimate of drug-likeness (QED) is 0.781. The lowest BCUT2D eigenvalue weighted by molar-refractivity contribution is -0.130. The Kier molecular flexibility index (Phi) is 4.05. The highest BCUT2D eigenvalue weighted by atomic mass is 16.2. The van der Waals surface area contributed by atoms with E-state index in [1.54, 1.807) is 0 Å². The Hall–Kier alpha value is -0.610. The fraction of sp³-hybridized carbons (Fsp3) is 0.923. The molecule has 1 amide bonds. The number of fused-ring (bicyclic) bond motifs is 1. The second-order valence-corrected chi connectivity index (χ2v) is 5.87. The molecule has 98 valence electrons. The molecule has 4 heteroatoms. The summed E-state index contributed by atoms with van der Waals surface area (Å²) < 4.78 is 0. The summed E-state index contributed by atoms with van der Waals surface area (Å²) in [5.41, 5.74) is 6.16. The van der Waals surface area contributed by atoms with E-state index < -0.39 is 0 Å². The van der Waals surface area contributed by atoms with Crippen molar-refractivity contribution in [1.82, 2.24) is 9.80 Å². The van der Waals surface area contributed by atoms with Gasteiger partial charge in [0.05, 0.1) is 0 Å². The van der Waals surface area contributed by atoms with Crippen LogP contribution in [0.1, 0.15) is 25.7 Å². The van der Waals surface area contributed by atoms with Gasteiger partial charge in [0.2, 0.25) is 5.91 Å². The summed E-state index contributed by atoms with van der Waals surface area (Å²) in [5.74, 6) is 1.54. The lowest BCUT2D eigenvalue weighted by Crippen LogP contribution is -2.38. The van der Waals surface area contributed by atoms with Crippen molar-refractivity contribution in [3.63, 3.8) is 0 Å². The van der Waals surface area contributed by atoms with Gasteiger partial charge in [0.1, 0.15) is 0 Å². The smallest absolute Gasteiger partial charge is 0.223 e. The first-order chi connectivity index (χ1) is 8.08. The minimum Gasteiger partial charge on any atom is -0.342 e. The zero-order valence-corrected chi connectivity index (χ0v) is 11.1. The average Bonchev–Trinajstić information content (AvgIpc) is 2.71. The maximum absolute atomic E-state index is 12.1. The molecule has 3 unspecified atom stereocenters. The number of hydrogen-bond donors (Lipinski definition) is 1. The van der Waals surface area contributed by atoms with E-state index in [0.717, 1.165) is 26.1 Å². The lowest BCUT2D eigenvalue weighted by atomic mass is 9.78. The Labute approximate surface area is 104 Å². The maximum Gasteiger partial charge on any atom is 0.223 e. The normalized spacial score (nSPS) is 32.9. The van der Waals surface area contributed by atoms with Gasteiger partial charge in [0.15, 0.2) is 0 Å². The summed E-state index contributed by atoms with van der Waals surface area (Å²) in [6.07, 6.45) is 4.28. The van der Waals surface area contributed by atoms with Crippen molar-refractivity contribution >= 4 is 5.91 Å². The second kappa shape index (κ2) is 5.36. The molecule has 17 heavy (non-hydrogen) atoms. The number of nitrogens with zero attached hydrogens (tertiary/aromatic N) is 2. The summed E-state index contributed by atoms with van der Waals surface area (Å²) >= 11 is 0. The number of hydrogen-bond acceptors (Lipinski definition) is 3. The molecular weight excluding hydrogens is 214 g/mol. The maximum atomic E-state index is 12.1. The zero-order valence-electron chi connectivity index (χ0n) is 11.1. The number of carbonyl (C=O) groups is 1. The van der Waals surface area contributed by atoms with Crippen molar-refractivity contribution in [2.75, 3.05) is 33.7 Å². The first-order valence-electron chi connectivity index (χ1n) is 6.76. The first-order valence-corrected chi connectivity index (χ1v) is 6.76. The van der Waals surface area contributed by atoms with E-state index in [-0.39, 0.29) is 0 Å². The number of nitrogens with two attached hydrogens (primary N) is 1. The van der Waals surface area contributed by atoms with E-state index in [9.17, 15) is 4.79 Å². The highest BCUT2D eigenvalue weighted by Gasteiger charge is 2.39. The molecule has 0 radical (unpaired) electrons. The monoisotopic (exact) mass is 239 g/mol. The van der Waals surface area contributed by atoms with Crippen LogP contribution in [-0.2, 0) is 4.79 Å². The molecule has 1 heterocycles. The molecule has 2 aliphatic rings. The molecule has 2 N–H and O–H groups in total. The fourth-order valence-electron chi connectivity index (χ4n) is 3.20. The van der Waals surface area contributed by atoms with Crippen molar-refractivity contribution in [2.24, 2.45) is 17.6 Å². The Morgan fingerprint density at radius 1 is 1.35 bits per heavy atom. The van der Waals surface area contributed by atoms with Crippen LogP contribution in [-0.4, -0.2) is 55.5 Å². The summed E-state index contributed by atoms with van der Waals surface area (Å²) in [4.78, 5) is 16.2. The van der Waals surface area contributed by atoms with Gasteiger partial charge < -0.3 is 15.5 Å². The van der Waals surface area contributed by atoms with E-state index in [2.05, 4.69) is 4.90 Å². The van der Waals surface area contributed by atoms with Crippen molar-refractivity contribution in [3.05, 3.63) is 0 Å². The standard InChI is InChI=1S/C13H25N3O/c1-15(2)7-6-13(17)16-8-10-4-3-5-12(14)11(10)9-16/h10-12H,3-9,14H2,1-2H3. The molecule has 3 atom stereocenters. The second-order valence-electron chi connectivity index (χ2n) is 5.87. The topological polar surface area (TPSA) is 49.6 Å². The van der Waals surface area contributed by atoms with Crippen LogP contribution < -0.4 is 5.73 Å². The van der Waals surface area contributed by atoms with Crippen LogP contribution in [0.2, 0.25) is 0 Å². The minimum atomic E-state index is 0.306. The van der Waals surface area contributed by atoms with Crippen molar-refractivity contribution < 1.29 is 4.79 Å². The zero-order chi connectivity index (χ0) is 12.4. The number of likely N-dealkylation sites (tertiary alicyclic amines) is 1. The van der Waals surface area contributed by atoms with Gasteiger partial charge in [0, 0.05) is 32.1 Å². The molecular formula is C13H25N3O. The predicted molar refractivity (Wildman–Crippen MR) is 68.6 cm³/mol. The molecule has 1 aliphatic carbocycles. The molecule has 0 aromatic heterocycles. The van der Waals surface area contributed by atoms with Crippen LogP contribution in [0.25, 0.3) is 0 Å². The third-order valence-corrected chi connectivity index (χ3v) is 4.28. The molecule has 0 aromatic rings. The minimum absolute atomic E-state index is 0.306. The summed E-state index contributed by atoms with van der Waals surface area (Å²) in [5, 5.41) is 0. The Morgan fingerprint density at radius 3 is 2.76 bits per heavy atom. The highest BCUT2D eigenvalue weighted by Crippen LogP contribution is 2.35. The van der Waals surface area contributed by atoms with Gasteiger partial charge in [-0.25, -0.2) is 0 Å².